The third-order valence-electron chi connectivity index (χ3n) is 2.18. The van der Waals surface area contributed by atoms with Gasteiger partial charge in [-0.05, 0) is 17.4 Å². The van der Waals surface area contributed by atoms with Gasteiger partial charge in [-0.3, -0.25) is 9.78 Å². The van der Waals surface area contributed by atoms with Gasteiger partial charge in [0.1, 0.15) is 0 Å². The summed E-state index contributed by atoms with van der Waals surface area (Å²) in [5.41, 5.74) is -0.764. The first-order valence-electron chi connectivity index (χ1n) is 6.00. The van der Waals surface area contributed by atoms with Crippen molar-refractivity contribution in [3.05, 3.63) is 43.1 Å². The number of amides is 4. The van der Waals surface area contributed by atoms with Gasteiger partial charge >= 0.3 is 23.4 Å². The van der Waals surface area contributed by atoms with Gasteiger partial charge in [0.2, 0.25) is 0 Å². The normalized spacial score (nSPS) is 12.3. The van der Waals surface area contributed by atoms with Crippen LogP contribution in [-0.4, -0.2) is 54.3 Å². The molecule has 0 unspecified atom stereocenters. The molecule has 0 aliphatic carbocycles. The Kier molecular flexibility index (Phi) is 5.98. The molecule has 3 rings (SSSR count). The van der Waals surface area contributed by atoms with Crippen molar-refractivity contribution in [3.8, 4) is 0 Å². The highest BCUT2D eigenvalue weighted by Gasteiger charge is 2.21. The molecule has 0 saturated heterocycles. The molecule has 128 valence electrons. The number of urea groups is 2. The maximum absolute atomic E-state index is 10.4. The molecule has 0 bridgehead atoms. The summed E-state index contributed by atoms with van der Waals surface area (Å²) in [6, 6.07) is 0.117. The molecule has 0 atom stereocenters. The van der Waals surface area contributed by atoms with Gasteiger partial charge < -0.3 is 10.8 Å². The van der Waals surface area contributed by atoms with Crippen LogP contribution >= 0.6 is 0 Å². The van der Waals surface area contributed by atoms with E-state index in [1.807, 2.05) is 10.1 Å². The SMILES string of the molecule is CN1C(=O)N=NC1=O.Cc1cc(=O)[nH]c(=O)[nH]1.Nn1nn[nH]c1=O. The molecule has 15 heteroatoms. The third kappa shape index (κ3) is 5.47. The predicted octanol–water partition coefficient (Wildman–Crippen LogP) is -2.32. The number of hydrogen-bond acceptors (Lipinski definition) is 8. The largest absolute Gasteiger partial charge is 0.380 e. The van der Waals surface area contributed by atoms with Crippen LogP contribution in [0.15, 0.2) is 30.7 Å². The zero-order valence-electron chi connectivity index (χ0n) is 12.4. The second-order valence-electron chi connectivity index (χ2n) is 4.05. The summed E-state index contributed by atoms with van der Waals surface area (Å²) in [5, 5.41) is 14.1. The highest BCUT2D eigenvalue weighted by Crippen LogP contribution is 2.01. The summed E-state index contributed by atoms with van der Waals surface area (Å²) in [5.74, 6) is 4.84. The molecule has 3 heterocycles. The van der Waals surface area contributed by atoms with Crippen molar-refractivity contribution in [2.24, 2.45) is 10.2 Å². The number of nitrogen functional groups attached to an aromatic ring is 1. The Morgan fingerprint density at radius 3 is 1.88 bits per heavy atom. The molecule has 0 radical (unpaired) electrons. The highest BCUT2D eigenvalue weighted by atomic mass is 16.2. The Hall–Kier alpha value is -3.91. The number of nitrogens with one attached hydrogen (secondary N) is 3. The van der Waals surface area contributed by atoms with Crippen LogP contribution in [0, 0.1) is 6.92 Å². The maximum atomic E-state index is 10.4. The number of aryl methyl sites for hydroxylation is 1. The Morgan fingerprint density at radius 2 is 1.62 bits per heavy atom. The fraction of sp³-hybridized carbons (Fsp3) is 0.222. The number of carbonyl (C=O) groups excluding carboxylic acids is 2. The Balaban J connectivity index is 0.000000181. The minimum absolute atomic E-state index is 0.365. The van der Waals surface area contributed by atoms with E-state index in [2.05, 4.69) is 25.6 Å². The number of nitrogens with two attached hydrogens (primary N) is 1. The number of carbonyl (C=O) groups is 2. The average Bonchev–Trinajstić information content (AvgIpc) is 2.99. The second kappa shape index (κ2) is 7.92. The topological polar surface area (TPSA) is 217 Å². The lowest BCUT2D eigenvalue weighted by Gasteiger charge is -1.96. The zero-order valence-corrected chi connectivity index (χ0v) is 12.4. The summed E-state index contributed by atoms with van der Waals surface area (Å²) in [6.07, 6.45) is 0. The summed E-state index contributed by atoms with van der Waals surface area (Å²) < 4.78 is 0. The van der Waals surface area contributed by atoms with Gasteiger partial charge in [-0.1, -0.05) is 10.2 Å². The molecule has 0 spiro atoms. The van der Waals surface area contributed by atoms with Crippen LogP contribution in [0.25, 0.3) is 0 Å². The summed E-state index contributed by atoms with van der Waals surface area (Å²) >= 11 is 0. The summed E-state index contributed by atoms with van der Waals surface area (Å²) in [7, 11) is 1.32. The van der Waals surface area contributed by atoms with E-state index >= 15 is 0 Å². The zero-order chi connectivity index (χ0) is 18.3. The standard InChI is InChI=1S/C5H6N2O2.C3H3N3O2.CH3N5O/c1-3-2-4(8)7-5(9)6-3;1-6-2(7)4-5-3(6)8;2-6-1(7)3-4-5-6/h2H,1H3,(H2,6,7,8,9);1H3;2H2,(H,3,5,7). The van der Waals surface area contributed by atoms with Gasteiger partial charge in [0.05, 0.1) is 0 Å². The van der Waals surface area contributed by atoms with Crippen molar-refractivity contribution in [2.75, 3.05) is 12.9 Å². The number of H-pyrrole nitrogens is 3. The van der Waals surface area contributed by atoms with Crippen LogP contribution in [-0.2, 0) is 0 Å². The molecule has 0 saturated carbocycles. The van der Waals surface area contributed by atoms with E-state index in [0.717, 1.165) is 4.90 Å². The lowest BCUT2D eigenvalue weighted by atomic mass is 10.5. The van der Waals surface area contributed by atoms with Crippen LogP contribution in [0.3, 0.4) is 0 Å². The van der Waals surface area contributed by atoms with Crippen LogP contribution in [0.1, 0.15) is 5.69 Å². The summed E-state index contributed by atoms with van der Waals surface area (Å²) in [6.45, 7) is 1.65. The van der Waals surface area contributed by atoms with E-state index in [4.69, 9.17) is 5.84 Å². The van der Waals surface area contributed by atoms with Crippen LogP contribution in [0.2, 0.25) is 0 Å². The smallest absolute Gasteiger partial charge is 0.317 e. The Labute approximate surface area is 131 Å². The number of aromatic amines is 3. The lowest BCUT2D eigenvalue weighted by molar-refractivity contribution is 0.214. The molecule has 0 aromatic carbocycles. The molecule has 0 fully saturated rings. The molecular formula is C9H12N10O5. The average molecular weight is 340 g/mol. The molecule has 24 heavy (non-hydrogen) atoms. The number of nitrogens with zero attached hydrogens (tertiary/aromatic N) is 6. The van der Waals surface area contributed by atoms with E-state index in [1.54, 1.807) is 6.92 Å². The van der Waals surface area contributed by atoms with Gasteiger partial charge in [0.15, 0.2) is 0 Å². The number of tetrazole rings is 1. The fourth-order valence-corrected chi connectivity index (χ4v) is 1.10. The van der Waals surface area contributed by atoms with Gasteiger partial charge in [0, 0.05) is 18.8 Å². The van der Waals surface area contributed by atoms with Gasteiger partial charge in [-0.15, -0.1) is 4.79 Å². The minimum atomic E-state index is -0.602. The van der Waals surface area contributed by atoms with E-state index < -0.39 is 23.4 Å². The highest BCUT2D eigenvalue weighted by molar-refractivity contribution is 5.97. The molecule has 1 aliphatic heterocycles. The monoisotopic (exact) mass is 340 g/mol. The fourth-order valence-electron chi connectivity index (χ4n) is 1.10. The van der Waals surface area contributed by atoms with Crippen molar-refractivity contribution in [2.45, 2.75) is 6.92 Å². The first-order valence-corrected chi connectivity index (χ1v) is 6.00. The van der Waals surface area contributed by atoms with E-state index in [-0.39, 0.29) is 5.56 Å². The van der Waals surface area contributed by atoms with Gasteiger partial charge in [-0.25, -0.2) is 29.2 Å². The lowest BCUT2D eigenvalue weighted by Crippen LogP contribution is -2.25. The van der Waals surface area contributed by atoms with Crippen molar-refractivity contribution in [1.29, 1.82) is 0 Å². The molecule has 2 aromatic heterocycles. The maximum Gasteiger partial charge on any atom is 0.380 e. The van der Waals surface area contributed by atoms with Crippen LogP contribution in [0.4, 0.5) is 9.59 Å². The molecule has 4 amide bonds. The molecule has 1 aliphatic rings. The van der Waals surface area contributed by atoms with Crippen molar-refractivity contribution in [3.63, 3.8) is 0 Å². The molecule has 5 N–H and O–H groups in total. The number of azo groups is 1. The quantitative estimate of drug-likeness (QED) is 0.380. The van der Waals surface area contributed by atoms with Crippen molar-refractivity contribution in [1.82, 2.24) is 35.2 Å². The molecule has 2 aromatic rings. The van der Waals surface area contributed by atoms with E-state index in [0.29, 0.717) is 10.5 Å². The number of rotatable bonds is 0. The Morgan fingerprint density at radius 1 is 1.04 bits per heavy atom. The predicted molar refractivity (Wildman–Crippen MR) is 76.6 cm³/mol. The minimum Gasteiger partial charge on any atom is -0.317 e. The third-order valence-corrected chi connectivity index (χ3v) is 2.18. The first kappa shape index (κ1) is 18.1. The first-order chi connectivity index (χ1) is 11.2. The van der Waals surface area contributed by atoms with Gasteiger partial charge in [-0.2, -0.15) is 0 Å². The molecule has 15 nitrogen and oxygen atoms in total. The van der Waals surface area contributed by atoms with E-state index in [9.17, 15) is 24.0 Å². The van der Waals surface area contributed by atoms with E-state index in [1.165, 1.54) is 13.1 Å². The summed E-state index contributed by atoms with van der Waals surface area (Å²) in [4.78, 5) is 57.3. The number of hydrogen-bond donors (Lipinski definition) is 4. The van der Waals surface area contributed by atoms with Crippen molar-refractivity contribution < 1.29 is 9.59 Å². The molecular weight excluding hydrogens is 328 g/mol. The van der Waals surface area contributed by atoms with Crippen molar-refractivity contribution >= 4 is 12.1 Å². The Bertz CT molecular complexity index is 871. The number of imide groups is 1. The number of aromatic nitrogens is 6. The van der Waals surface area contributed by atoms with Gasteiger partial charge in [0.25, 0.3) is 5.56 Å². The second-order valence-corrected chi connectivity index (χ2v) is 4.05. The van der Waals surface area contributed by atoms with Crippen LogP contribution in [0.5, 0.6) is 0 Å². The van der Waals surface area contributed by atoms with Crippen LogP contribution < -0.4 is 22.8 Å².